The molecule has 1 N–H and O–H groups in total. The summed E-state index contributed by atoms with van der Waals surface area (Å²) in [7, 11) is 0. The normalized spacial score (nSPS) is 10.0. The van der Waals surface area contributed by atoms with E-state index < -0.39 is 24.6 Å². The summed E-state index contributed by atoms with van der Waals surface area (Å²) in [6, 6.07) is 2.78. The molecular weight excluding hydrogens is 366 g/mol. The Bertz CT molecular complexity index is 648. The molecule has 0 aliphatic rings. The first-order chi connectivity index (χ1) is 12.4. The van der Waals surface area contributed by atoms with E-state index in [0.29, 0.717) is 24.7 Å². The fourth-order valence-corrected chi connectivity index (χ4v) is 2.09. The molecule has 8 nitrogen and oxygen atoms in total. The highest BCUT2D eigenvalue weighted by Gasteiger charge is 2.18. The lowest BCUT2D eigenvalue weighted by Gasteiger charge is -2.14. The zero-order valence-corrected chi connectivity index (χ0v) is 15.7. The second-order valence-corrected chi connectivity index (χ2v) is 5.32. The Morgan fingerprint density at radius 3 is 2.38 bits per heavy atom. The summed E-state index contributed by atoms with van der Waals surface area (Å²) >= 11 is 6.16. The fraction of sp³-hybridized carbons (Fsp3) is 0.471. The smallest absolute Gasteiger partial charge is 0.413 e. The third-order valence-corrected chi connectivity index (χ3v) is 3.13. The van der Waals surface area contributed by atoms with Crippen LogP contribution >= 0.6 is 11.6 Å². The van der Waals surface area contributed by atoms with Crippen LogP contribution in [0.1, 0.15) is 37.6 Å². The summed E-state index contributed by atoms with van der Waals surface area (Å²) in [5, 5.41) is 2.10. The number of amides is 2. The lowest BCUT2D eigenvalue weighted by molar-refractivity contribution is -0.123. The number of nitrogens with one attached hydrogen (secondary N) is 1. The molecule has 26 heavy (non-hydrogen) atoms. The van der Waals surface area contributed by atoms with Gasteiger partial charge in [0.1, 0.15) is 0 Å². The van der Waals surface area contributed by atoms with Crippen LogP contribution in [0.25, 0.3) is 0 Å². The number of esters is 1. The zero-order chi connectivity index (χ0) is 19.5. The maximum Gasteiger partial charge on any atom is 0.413 e. The van der Waals surface area contributed by atoms with Crippen LogP contribution in [-0.2, 0) is 14.3 Å². The fourth-order valence-electron chi connectivity index (χ4n) is 1.82. The van der Waals surface area contributed by atoms with Gasteiger partial charge in [0, 0.05) is 0 Å². The van der Waals surface area contributed by atoms with Gasteiger partial charge in [-0.15, -0.1) is 0 Å². The van der Waals surface area contributed by atoms with Crippen molar-refractivity contribution in [2.24, 2.45) is 0 Å². The van der Waals surface area contributed by atoms with Crippen molar-refractivity contribution in [3.8, 4) is 11.5 Å². The molecule has 1 aromatic rings. The van der Waals surface area contributed by atoms with Crippen LogP contribution in [0.5, 0.6) is 11.5 Å². The van der Waals surface area contributed by atoms with Crippen molar-refractivity contribution < 1.29 is 33.3 Å². The second kappa shape index (κ2) is 11.2. The van der Waals surface area contributed by atoms with Crippen molar-refractivity contribution >= 4 is 29.6 Å². The Hall–Kier alpha value is -2.48. The number of carbonyl (C=O) groups is 3. The molecule has 0 aliphatic heterocycles. The number of ether oxygens (including phenoxy) is 4. The molecule has 1 aromatic carbocycles. The molecule has 144 valence electrons. The Balaban J connectivity index is 2.79. The summed E-state index contributed by atoms with van der Waals surface area (Å²) in [5.41, 5.74) is 0.0891. The van der Waals surface area contributed by atoms with Gasteiger partial charge >= 0.3 is 12.1 Å². The van der Waals surface area contributed by atoms with Gasteiger partial charge in [0.25, 0.3) is 5.91 Å². The number of alkyl carbamates (subject to hydrolysis) is 1. The summed E-state index contributed by atoms with van der Waals surface area (Å²) in [6.45, 7) is 5.58. The van der Waals surface area contributed by atoms with Gasteiger partial charge in [0.2, 0.25) is 0 Å². The quantitative estimate of drug-likeness (QED) is 0.650. The molecular formula is C17H22ClNO7. The van der Waals surface area contributed by atoms with Crippen LogP contribution in [0.4, 0.5) is 4.79 Å². The number of imide groups is 1. The van der Waals surface area contributed by atoms with Gasteiger partial charge in [-0.2, -0.15) is 0 Å². The molecule has 2 amide bonds. The van der Waals surface area contributed by atoms with Gasteiger partial charge in [-0.3, -0.25) is 10.1 Å². The largest absolute Gasteiger partial charge is 0.490 e. The van der Waals surface area contributed by atoms with E-state index in [4.69, 9.17) is 25.8 Å². The van der Waals surface area contributed by atoms with E-state index in [9.17, 15) is 14.4 Å². The monoisotopic (exact) mass is 387 g/mol. The van der Waals surface area contributed by atoms with Crippen LogP contribution in [-0.4, -0.2) is 44.4 Å². The average Bonchev–Trinajstić information content (AvgIpc) is 2.59. The SMILES string of the molecule is CCCOc1c(Cl)cc(C(=O)OCC(=O)NC(=O)OCC)cc1OCC. The molecule has 0 spiro atoms. The summed E-state index contributed by atoms with van der Waals surface area (Å²) < 4.78 is 20.4. The van der Waals surface area contributed by atoms with Gasteiger partial charge in [0.15, 0.2) is 18.1 Å². The number of hydrogen-bond donors (Lipinski definition) is 1. The molecule has 0 atom stereocenters. The number of carbonyl (C=O) groups excluding carboxylic acids is 3. The van der Waals surface area contributed by atoms with Crippen molar-refractivity contribution in [1.29, 1.82) is 0 Å². The first-order valence-corrected chi connectivity index (χ1v) is 8.53. The molecule has 0 saturated heterocycles. The topological polar surface area (TPSA) is 100 Å². The first kappa shape index (κ1) is 21.6. The van der Waals surface area contributed by atoms with E-state index in [2.05, 4.69) is 4.74 Å². The zero-order valence-electron chi connectivity index (χ0n) is 14.9. The number of benzene rings is 1. The summed E-state index contributed by atoms with van der Waals surface area (Å²) in [6.07, 6.45) is -0.131. The van der Waals surface area contributed by atoms with Crippen molar-refractivity contribution in [3.63, 3.8) is 0 Å². The van der Waals surface area contributed by atoms with E-state index in [-0.39, 0.29) is 17.2 Å². The summed E-state index contributed by atoms with van der Waals surface area (Å²) in [5.74, 6) is -0.965. The third kappa shape index (κ3) is 6.79. The highest BCUT2D eigenvalue weighted by molar-refractivity contribution is 6.32. The van der Waals surface area contributed by atoms with E-state index in [1.54, 1.807) is 13.8 Å². The van der Waals surface area contributed by atoms with Crippen LogP contribution in [0.15, 0.2) is 12.1 Å². The molecule has 0 fully saturated rings. The number of hydrogen-bond acceptors (Lipinski definition) is 7. The molecule has 0 saturated carbocycles. The van der Waals surface area contributed by atoms with E-state index in [0.717, 1.165) is 6.42 Å². The second-order valence-electron chi connectivity index (χ2n) is 4.91. The highest BCUT2D eigenvalue weighted by atomic mass is 35.5. The molecule has 0 heterocycles. The molecule has 9 heteroatoms. The predicted octanol–water partition coefficient (Wildman–Crippen LogP) is 2.96. The standard InChI is InChI=1S/C17H22ClNO7/c1-4-7-25-15-12(18)8-11(9-13(15)23-5-2)16(21)26-10-14(20)19-17(22)24-6-3/h8-9H,4-7,10H2,1-3H3,(H,19,20,22). The van der Waals surface area contributed by atoms with Gasteiger partial charge in [-0.25, -0.2) is 9.59 Å². The maximum atomic E-state index is 12.1. The van der Waals surface area contributed by atoms with E-state index in [1.807, 2.05) is 12.2 Å². The van der Waals surface area contributed by atoms with Gasteiger partial charge in [-0.05, 0) is 32.4 Å². The Labute approximate surface area is 156 Å². The summed E-state index contributed by atoms with van der Waals surface area (Å²) in [4.78, 5) is 34.7. The minimum Gasteiger partial charge on any atom is -0.490 e. The highest BCUT2D eigenvalue weighted by Crippen LogP contribution is 2.37. The van der Waals surface area contributed by atoms with Crippen molar-refractivity contribution in [3.05, 3.63) is 22.7 Å². The number of halogens is 1. The Kier molecular flexibility index (Phi) is 9.29. The maximum absolute atomic E-state index is 12.1. The van der Waals surface area contributed by atoms with Crippen LogP contribution in [0.3, 0.4) is 0 Å². The lowest BCUT2D eigenvalue weighted by atomic mass is 10.2. The minimum absolute atomic E-state index is 0.0891. The average molecular weight is 388 g/mol. The van der Waals surface area contributed by atoms with Crippen molar-refractivity contribution in [2.45, 2.75) is 27.2 Å². The Morgan fingerprint density at radius 1 is 1.04 bits per heavy atom. The molecule has 1 rings (SSSR count). The van der Waals surface area contributed by atoms with Crippen LogP contribution < -0.4 is 14.8 Å². The molecule has 0 aliphatic carbocycles. The van der Waals surface area contributed by atoms with Crippen molar-refractivity contribution in [1.82, 2.24) is 5.32 Å². The minimum atomic E-state index is -0.910. The number of rotatable bonds is 9. The third-order valence-electron chi connectivity index (χ3n) is 2.85. The predicted molar refractivity (Wildman–Crippen MR) is 93.9 cm³/mol. The van der Waals surface area contributed by atoms with Crippen LogP contribution in [0, 0.1) is 0 Å². The van der Waals surface area contributed by atoms with Crippen LogP contribution in [0.2, 0.25) is 5.02 Å². The van der Waals surface area contributed by atoms with Crippen molar-refractivity contribution in [2.75, 3.05) is 26.4 Å². The lowest BCUT2D eigenvalue weighted by Crippen LogP contribution is -2.34. The molecule has 0 aromatic heterocycles. The van der Waals surface area contributed by atoms with Gasteiger partial charge < -0.3 is 18.9 Å². The molecule has 0 unspecified atom stereocenters. The van der Waals surface area contributed by atoms with Gasteiger partial charge in [0.05, 0.1) is 30.4 Å². The molecule has 0 radical (unpaired) electrons. The first-order valence-electron chi connectivity index (χ1n) is 8.15. The van der Waals surface area contributed by atoms with E-state index >= 15 is 0 Å². The van der Waals surface area contributed by atoms with E-state index in [1.165, 1.54) is 12.1 Å². The Morgan fingerprint density at radius 2 is 1.77 bits per heavy atom. The van der Waals surface area contributed by atoms with Gasteiger partial charge in [-0.1, -0.05) is 18.5 Å². The molecule has 0 bridgehead atoms.